The Bertz CT molecular complexity index is 932. The second kappa shape index (κ2) is 7.87. The van der Waals surface area contributed by atoms with Crippen molar-refractivity contribution in [3.05, 3.63) is 46.0 Å². The van der Waals surface area contributed by atoms with Gasteiger partial charge in [-0.25, -0.2) is 4.79 Å². The standard InChI is InChI=1S/C18H22O7S/c1-22-16-11-15-14(12-6-3-4-7-13(12)18(19)25-15)10-17(16)23-8-5-9-24-26(2,20)21/h3-4,6-7,16-17H,5,8-11H2,1-2H3. The highest BCUT2D eigenvalue weighted by atomic mass is 32.2. The SMILES string of the molecule is COC1Cc2oc(=O)c3ccccc3c2CC1OCCCOS(C)(=O)=O. The minimum Gasteiger partial charge on any atom is -0.427 e. The third-order valence-electron chi connectivity index (χ3n) is 4.45. The largest absolute Gasteiger partial charge is 0.427 e. The molecule has 2 atom stereocenters. The molecule has 0 bridgehead atoms. The first-order valence-electron chi connectivity index (χ1n) is 8.41. The van der Waals surface area contributed by atoms with Gasteiger partial charge in [0.15, 0.2) is 0 Å². The molecule has 1 aromatic carbocycles. The molecule has 7 nitrogen and oxygen atoms in total. The molecule has 0 saturated heterocycles. The number of hydrogen-bond donors (Lipinski definition) is 0. The third-order valence-corrected chi connectivity index (χ3v) is 5.05. The van der Waals surface area contributed by atoms with Crippen molar-refractivity contribution in [1.82, 2.24) is 0 Å². The molecule has 2 aromatic rings. The van der Waals surface area contributed by atoms with Gasteiger partial charge in [0.1, 0.15) is 5.76 Å². The van der Waals surface area contributed by atoms with Crippen LogP contribution in [0.15, 0.2) is 33.5 Å². The van der Waals surface area contributed by atoms with Crippen molar-refractivity contribution >= 4 is 20.9 Å². The van der Waals surface area contributed by atoms with Crippen LogP contribution >= 0.6 is 0 Å². The number of benzene rings is 1. The van der Waals surface area contributed by atoms with E-state index < -0.39 is 10.1 Å². The zero-order valence-electron chi connectivity index (χ0n) is 14.8. The molecular formula is C18H22O7S. The molecule has 0 spiro atoms. The summed E-state index contributed by atoms with van der Waals surface area (Å²) < 4.78 is 43.6. The summed E-state index contributed by atoms with van der Waals surface area (Å²) in [7, 11) is -1.84. The van der Waals surface area contributed by atoms with Gasteiger partial charge < -0.3 is 13.9 Å². The molecule has 0 saturated carbocycles. The summed E-state index contributed by atoms with van der Waals surface area (Å²) in [5, 5.41) is 1.43. The fourth-order valence-electron chi connectivity index (χ4n) is 3.24. The molecule has 3 rings (SSSR count). The maximum atomic E-state index is 12.2. The second-order valence-electron chi connectivity index (χ2n) is 6.31. The highest BCUT2D eigenvalue weighted by molar-refractivity contribution is 7.85. The lowest BCUT2D eigenvalue weighted by Gasteiger charge is -2.31. The number of rotatable bonds is 7. The summed E-state index contributed by atoms with van der Waals surface area (Å²) in [4.78, 5) is 12.2. The molecule has 8 heteroatoms. The van der Waals surface area contributed by atoms with Gasteiger partial charge in [0.05, 0.1) is 30.5 Å². The maximum Gasteiger partial charge on any atom is 0.343 e. The second-order valence-corrected chi connectivity index (χ2v) is 7.95. The average molecular weight is 382 g/mol. The van der Waals surface area contributed by atoms with E-state index >= 15 is 0 Å². The fourth-order valence-corrected chi connectivity index (χ4v) is 3.66. The van der Waals surface area contributed by atoms with Crippen LogP contribution in [-0.2, 0) is 36.6 Å². The molecule has 1 aromatic heterocycles. The van der Waals surface area contributed by atoms with Crippen LogP contribution in [-0.4, -0.2) is 47.2 Å². The molecule has 1 aliphatic carbocycles. The number of ether oxygens (including phenoxy) is 2. The van der Waals surface area contributed by atoms with Crippen LogP contribution in [0.25, 0.3) is 10.8 Å². The summed E-state index contributed by atoms with van der Waals surface area (Å²) >= 11 is 0. The van der Waals surface area contributed by atoms with Crippen molar-refractivity contribution in [3.8, 4) is 0 Å². The van der Waals surface area contributed by atoms with Crippen LogP contribution in [0.3, 0.4) is 0 Å². The average Bonchev–Trinajstić information content (AvgIpc) is 2.60. The van der Waals surface area contributed by atoms with Crippen LogP contribution in [0.4, 0.5) is 0 Å². The van der Waals surface area contributed by atoms with Crippen molar-refractivity contribution in [2.75, 3.05) is 26.6 Å². The first-order valence-corrected chi connectivity index (χ1v) is 10.2. The van der Waals surface area contributed by atoms with Crippen LogP contribution in [0.5, 0.6) is 0 Å². The molecule has 0 N–H and O–H groups in total. The Kier molecular flexibility index (Phi) is 5.76. The molecular weight excluding hydrogens is 360 g/mol. The molecule has 2 unspecified atom stereocenters. The minimum absolute atomic E-state index is 0.0809. The van der Waals surface area contributed by atoms with E-state index in [4.69, 9.17) is 18.1 Å². The van der Waals surface area contributed by atoms with E-state index in [0.717, 1.165) is 17.2 Å². The molecule has 142 valence electrons. The van der Waals surface area contributed by atoms with E-state index in [2.05, 4.69) is 0 Å². The van der Waals surface area contributed by atoms with Gasteiger partial charge in [-0.2, -0.15) is 8.42 Å². The van der Waals surface area contributed by atoms with Gasteiger partial charge in [0, 0.05) is 32.1 Å². The lowest BCUT2D eigenvalue weighted by molar-refractivity contribution is -0.0649. The quantitative estimate of drug-likeness (QED) is 0.531. The zero-order valence-corrected chi connectivity index (χ0v) is 15.6. The normalized spacial score (nSPS) is 20.2. The summed E-state index contributed by atoms with van der Waals surface area (Å²) in [6, 6.07) is 7.36. The number of methoxy groups -OCH3 is 1. The highest BCUT2D eigenvalue weighted by Crippen LogP contribution is 2.29. The van der Waals surface area contributed by atoms with E-state index in [1.807, 2.05) is 18.2 Å². The summed E-state index contributed by atoms with van der Waals surface area (Å²) in [6.07, 6.45) is 2.05. The van der Waals surface area contributed by atoms with Crippen LogP contribution in [0.1, 0.15) is 17.7 Å². The molecule has 0 amide bonds. The van der Waals surface area contributed by atoms with E-state index in [1.165, 1.54) is 0 Å². The Hall–Kier alpha value is -1.74. The summed E-state index contributed by atoms with van der Waals surface area (Å²) in [6.45, 7) is 0.432. The first kappa shape index (κ1) is 19.0. The van der Waals surface area contributed by atoms with Crippen molar-refractivity contribution in [1.29, 1.82) is 0 Å². The molecule has 1 aliphatic rings. The van der Waals surface area contributed by atoms with Crippen LogP contribution in [0.2, 0.25) is 0 Å². The predicted octanol–water partition coefficient (Wildman–Crippen LogP) is 1.66. The molecule has 0 fully saturated rings. The monoisotopic (exact) mass is 382 g/mol. The number of fused-ring (bicyclic) bond motifs is 3. The lowest BCUT2D eigenvalue weighted by Crippen LogP contribution is -2.39. The van der Waals surface area contributed by atoms with Crippen molar-refractivity contribution in [3.63, 3.8) is 0 Å². The van der Waals surface area contributed by atoms with Crippen molar-refractivity contribution in [2.45, 2.75) is 31.5 Å². The molecule has 1 heterocycles. The maximum absolute atomic E-state index is 12.2. The van der Waals surface area contributed by atoms with E-state index in [0.29, 0.717) is 37.0 Å². The van der Waals surface area contributed by atoms with Gasteiger partial charge >= 0.3 is 5.63 Å². The zero-order chi connectivity index (χ0) is 18.7. The smallest absolute Gasteiger partial charge is 0.343 e. The molecule has 0 aliphatic heterocycles. The lowest BCUT2D eigenvalue weighted by atomic mass is 9.89. The minimum atomic E-state index is -3.44. The molecule has 0 radical (unpaired) electrons. The first-order chi connectivity index (χ1) is 12.4. The summed E-state index contributed by atoms with van der Waals surface area (Å²) in [5.41, 5.74) is 0.623. The third kappa shape index (κ3) is 4.32. The Balaban J connectivity index is 1.74. The van der Waals surface area contributed by atoms with Crippen molar-refractivity contribution in [2.24, 2.45) is 0 Å². The predicted molar refractivity (Wildman–Crippen MR) is 95.8 cm³/mol. The Morgan fingerprint density at radius 3 is 2.54 bits per heavy atom. The van der Waals surface area contributed by atoms with Gasteiger partial charge in [-0.1, -0.05) is 18.2 Å². The van der Waals surface area contributed by atoms with Crippen LogP contribution < -0.4 is 5.63 Å². The van der Waals surface area contributed by atoms with Gasteiger partial charge in [-0.3, -0.25) is 4.18 Å². The van der Waals surface area contributed by atoms with Gasteiger partial charge in [0.25, 0.3) is 10.1 Å². The topological polar surface area (TPSA) is 92.0 Å². The van der Waals surface area contributed by atoms with Crippen LogP contribution in [0, 0.1) is 0 Å². The molecule has 26 heavy (non-hydrogen) atoms. The van der Waals surface area contributed by atoms with Crippen molar-refractivity contribution < 1.29 is 26.5 Å². The van der Waals surface area contributed by atoms with E-state index in [-0.39, 0.29) is 24.4 Å². The van der Waals surface area contributed by atoms with Gasteiger partial charge in [-0.15, -0.1) is 0 Å². The van der Waals surface area contributed by atoms with E-state index in [1.54, 1.807) is 13.2 Å². The fraction of sp³-hybridized carbons (Fsp3) is 0.500. The Morgan fingerprint density at radius 2 is 1.85 bits per heavy atom. The number of hydrogen-bond acceptors (Lipinski definition) is 7. The van der Waals surface area contributed by atoms with E-state index in [9.17, 15) is 13.2 Å². The summed E-state index contributed by atoms with van der Waals surface area (Å²) in [5.74, 6) is 0.640. The highest BCUT2D eigenvalue weighted by Gasteiger charge is 2.32. The van der Waals surface area contributed by atoms with Gasteiger partial charge in [0.2, 0.25) is 0 Å². The Labute approximate surface area is 152 Å². The Morgan fingerprint density at radius 1 is 1.12 bits per heavy atom. The van der Waals surface area contributed by atoms with Gasteiger partial charge in [-0.05, 0) is 17.9 Å².